The third-order valence-electron chi connectivity index (χ3n) is 4.73. The molecule has 1 aromatic carbocycles. The summed E-state index contributed by atoms with van der Waals surface area (Å²) in [7, 11) is 4.02. The van der Waals surface area contributed by atoms with Crippen molar-refractivity contribution in [3.8, 4) is 0 Å². The molecule has 1 N–H and O–H groups in total. The Labute approximate surface area is 155 Å². The minimum atomic E-state index is -0.0594. The van der Waals surface area contributed by atoms with Crippen LogP contribution >= 0.6 is 0 Å². The number of rotatable bonds is 7. The highest BCUT2D eigenvalue weighted by molar-refractivity contribution is 5.91. The monoisotopic (exact) mass is 356 g/mol. The summed E-state index contributed by atoms with van der Waals surface area (Å²) in [5.41, 5.74) is 1.54. The van der Waals surface area contributed by atoms with Gasteiger partial charge >= 0.3 is 0 Å². The smallest absolute Gasteiger partial charge is 0.276 e. The van der Waals surface area contributed by atoms with E-state index in [1.807, 2.05) is 60.2 Å². The number of likely N-dealkylation sites (N-methyl/N-ethyl adjacent to an activating group) is 1. The SMILES string of the molecule is CN(C)CCN(Cc1ccccc1)C(=O)c1cn(C2CCNCC2)nn1. The Morgan fingerprint density at radius 1 is 1.19 bits per heavy atom. The summed E-state index contributed by atoms with van der Waals surface area (Å²) in [6, 6.07) is 10.4. The van der Waals surface area contributed by atoms with E-state index >= 15 is 0 Å². The first-order valence-corrected chi connectivity index (χ1v) is 9.24. The lowest BCUT2D eigenvalue weighted by Crippen LogP contribution is -2.36. The zero-order valence-corrected chi connectivity index (χ0v) is 15.6. The molecule has 1 fully saturated rings. The van der Waals surface area contributed by atoms with Gasteiger partial charge in [-0.2, -0.15) is 0 Å². The van der Waals surface area contributed by atoms with Crippen molar-refractivity contribution in [2.24, 2.45) is 0 Å². The number of hydrogen-bond acceptors (Lipinski definition) is 5. The van der Waals surface area contributed by atoms with Gasteiger partial charge in [-0.3, -0.25) is 4.79 Å². The van der Waals surface area contributed by atoms with Gasteiger partial charge in [-0.1, -0.05) is 35.5 Å². The van der Waals surface area contributed by atoms with Crippen LogP contribution < -0.4 is 5.32 Å². The van der Waals surface area contributed by atoms with E-state index in [-0.39, 0.29) is 5.91 Å². The van der Waals surface area contributed by atoms with Crippen LogP contribution in [0, 0.1) is 0 Å². The van der Waals surface area contributed by atoms with Crippen LogP contribution in [0.1, 0.15) is 34.9 Å². The maximum atomic E-state index is 13.0. The zero-order valence-electron chi connectivity index (χ0n) is 15.6. The predicted molar refractivity (Wildman–Crippen MR) is 101 cm³/mol. The van der Waals surface area contributed by atoms with Crippen LogP contribution in [0.5, 0.6) is 0 Å². The zero-order chi connectivity index (χ0) is 18.4. The Kier molecular flexibility index (Phi) is 6.35. The Hall–Kier alpha value is -2.25. The Morgan fingerprint density at radius 3 is 2.62 bits per heavy atom. The topological polar surface area (TPSA) is 66.3 Å². The van der Waals surface area contributed by atoms with Crippen LogP contribution in [-0.4, -0.2) is 71.0 Å². The van der Waals surface area contributed by atoms with E-state index in [1.54, 1.807) is 0 Å². The first-order chi connectivity index (χ1) is 12.6. The molecule has 0 aliphatic carbocycles. The second-order valence-electron chi connectivity index (χ2n) is 7.08. The van der Waals surface area contributed by atoms with Crippen LogP contribution in [0.15, 0.2) is 36.5 Å². The number of benzene rings is 1. The highest BCUT2D eigenvalue weighted by Gasteiger charge is 2.22. The average molecular weight is 356 g/mol. The number of carbonyl (C=O) groups excluding carboxylic acids is 1. The van der Waals surface area contributed by atoms with E-state index in [9.17, 15) is 4.79 Å². The van der Waals surface area contributed by atoms with Crippen molar-refractivity contribution in [1.82, 2.24) is 30.1 Å². The predicted octanol–water partition coefficient (Wildman–Crippen LogP) is 1.41. The summed E-state index contributed by atoms with van der Waals surface area (Å²) in [4.78, 5) is 17.0. The van der Waals surface area contributed by atoms with Gasteiger partial charge in [0.2, 0.25) is 0 Å². The highest BCUT2D eigenvalue weighted by atomic mass is 16.2. The van der Waals surface area contributed by atoms with Crippen molar-refractivity contribution in [3.63, 3.8) is 0 Å². The van der Waals surface area contributed by atoms with Gasteiger partial charge < -0.3 is 15.1 Å². The van der Waals surface area contributed by atoms with Crippen molar-refractivity contribution >= 4 is 5.91 Å². The molecule has 1 aromatic heterocycles. The second-order valence-corrected chi connectivity index (χ2v) is 7.08. The highest BCUT2D eigenvalue weighted by Crippen LogP contribution is 2.18. The maximum absolute atomic E-state index is 13.0. The number of piperidine rings is 1. The van der Waals surface area contributed by atoms with Crippen molar-refractivity contribution in [2.75, 3.05) is 40.3 Å². The first-order valence-electron chi connectivity index (χ1n) is 9.24. The molecule has 0 spiro atoms. The number of amides is 1. The Bertz CT molecular complexity index is 693. The normalized spacial score (nSPS) is 15.3. The molecule has 0 saturated carbocycles. The molecule has 1 saturated heterocycles. The fourth-order valence-electron chi connectivity index (χ4n) is 3.16. The molecule has 1 aliphatic heterocycles. The average Bonchev–Trinajstić information content (AvgIpc) is 3.16. The third kappa shape index (κ3) is 4.89. The molecular formula is C19H28N6O. The lowest BCUT2D eigenvalue weighted by molar-refractivity contribution is 0.0726. The second kappa shape index (κ2) is 8.91. The van der Waals surface area contributed by atoms with Gasteiger partial charge in [0.05, 0.1) is 12.2 Å². The van der Waals surface area contributed by atoms with E-state index < -0.39 is 0 Å². The van der Waals surface area contributed by atoms with Crippen molar-refractivity contribution in [2.45, 2.75) is 25.4 Å². The molecule has 3 rings (SSSR count). The largest absolute Gasteiger partial charge is 0.332 e. The maximum Gasteiger partial charge on any atom is 0.276 e. The van der Waals surface area contributed by atoms with Gasteiger partial charge in [-0.05, 0) is 45.6 Å². The fourth-order valence-corrected chi connectivity index (χ4v) is 3.16. The summed E-state index contributed by atoms with van der Waals surface area (Å²) in [6.07, 6.45) is 3.85. The van der Waals surface area contributed by atoms with Crippen LogP contribution in [0.25, 0.3) is 0 Å². The Balaban J connectivity index is 1.72. The molecule has 0 unspecified atom stereocenters. The van der Waals surface area contributed by atoms with Crippen molar-refractivity contribution in [1.29, 1.82) is 0 Å². The molecule has 140 valence electrons. The quantitative estimate of drug-likeness (QED) is 0.812. The van der Waals surface area contributed by atoms with Gasteiger partial charge in [0.1, 0.15) is 0 Å². The molecule has 1 aliphatic rings. The molecule has 1 amide bonds. The van der Waals surface area contributed by atoms with Crippen LogP contribution in [0.4, 0.5) is 0 Å². The number of carbonyl (C=O) groups is 1. The summed E-state index contributed by atoms with van der Waals surface area (Å²) in [5.74, 6) is -0.0594. The van der Waals surface area contributed by atoms with Crippen molar-refractivity contribution in [3.05, 3.63) is 47.8 Å². The van der Waals surface area contributed by atoms with Crippen LogP contribution in [-0.2, 0) is 6.54 Å². The number of nitrogens with one attached hydrogen (secondary N) is 1. The molecule has 7 nitrogen and oxygen atoms in total. The van der Waals surface area contributed by atoms with Gasteiger partial charge in [0.25, 0.3) is 5.91 Å². The lowest BCUT2D eigenvalue weighted by Gasteiger charge is -2.24. The molecular weight excluding hydrogens is 328 g/mol. The minimum absolute atomic E-state index is 0.0594. The van der Waals surface area contributed by atoms with E-state index in [0.717, 1.165) is 38.0 Å². The van der Waals surface area contributed by atoms with Crippen LogP contribution in [0.3, 0.4) is 0 Å². The first kappa shape index (κ1) is 18.5. The summed E-state index contributed by atoms with van der Waals surface area (Å²) >= 11 is 0. The summed E-state index contributed by atoms with van der Waals surface area (Å²) in [6.45, 7) is 4.00. The van der Waals surface area contributed by atoms with Gasteiger partial charge in [-0.15, -0.1) is 5.10 Å². The third-order valence-corrected chi connectivity index (χ3v) is 4.73. The minimum Gasteiger partial charge on any atom is -0.332 e. The van der Waals surface area contributed by atoms with E-state index in [2.05, 4.69) is 20.5 Å². The number of nitrogens with zero attached hydrogens (tertiary/aromatic N) is 5. The molecule has 0 radical (unpaired) electrons. The lowest BCUT2D eigenvalue weighted by atomic mass is 10.1. The molecule has 0 bridgehead atoms. The molecule has 0 atom stereocenters. The Morgan fingerprint density at radius 2 is 1.92 bits per heavy atom. The van der Waals surface area contributed by atoms with Gasteiger partial charge in [0.15, 0.2) is 5.69 Å². The number of aromatic nitrogens is 3. The van der Waals surface area contributed by atoms with Gasteiger partial charge in [-0.25, -0.2) is 4.68 Å². The molecule has 7 heteroatoms. The summed E-state index contributed by atoms with van der Waals surface area (Å²) in [5, 5.41) is 11.7. The summed E-state index contributed by atoms with van der Waals surface area (Å²) < 4.78 is 1.86. The van der Waals surface area contributed by atoms with Crippen LogP contribution in [0.2, 0.25) is 0 Å². The molecule has 2 heterocycles. The molecule has 2 aromatic rings. The molecule has 26 heavy (non-hydrogen) atoms. The standard InChI is InChI=1S/C19H28N6O/c1-23(2)12-13-24(14-16-6-4-3-5-7-16)19(26)18-15-25(22-21-18)17-8-10-20-11-9-17/h3-7,15,17,20H,8-14H2,1-2H3. The van der Waals surface area contributed by atoms with Gasteiger partial charge in [0, 0.05) is 19.6 Å². The van der Waals surface area contributed by atoms with E-state index in [0.29, 0.717) is 24.8 Å². The number of hydrogen-bond donors (Lipinski definition) is 1. The fraction of sp³-hybridized carbons (Fsp3) is 0.526. The van der Waals surface area contributed by atoms with Crippen molar-refractivity contribution < 1.29 is 4.79 Å². The van der Waals surface area contributed by atoms with E-state index in [1.165, 1.54) is 0 Å². The van der Waals surface area contributed by atoms with E-state index in [4.69, 9.17) is 0 Å².